The fourth-order valence-electron chi connectivity index (χ4n) is 2.34. The molecule has 2 rings (SSSR count). The molecule has 0 aromatic heterocycles. The monoisotopic (exact) mass is 356 g/mol. The molecule has 0 bridgehead atoms. The third kappa shape index (κ3) is 3.41. The van der Waals surface area contributed by atoms with Gasteiger partial charge in [0.15, 0.2) is 0 Å². The minimum atomic E-state index is -1.60. The Kier molecular flexibility index (Phi) is 4.64. The number of hydrogen-bond acceptors (Lipinski definition) is 2. The molecule has 0 radical (unpaired) electrons. The molecule has 5 heteroatoms. The lowest BCUT2D eigenvalue weighted by Gasteiger charge is -2.26. The SMILES string of the molecule is COc1cccc(F)c1C(C)(O)Cc1cc(Br)ccc1F. The molecule has 21 heavy (non-hydrogen) atoms. The van der Waals surface area contributed by atoms with Crippen molar-refractivity contribution in [2.45, 2.75) is 18.9 Å². The lowest BCUT2D eigenvalue weighted by Crippen LogP contribution is -2.27. The number of aliphatic hydroxyl groups is 1. The van der Waals surface area contributed by atoms with Crippen LogP contribution in [0.25, 0.3) is 0 Å². The lowest BCUT2D eigenvalue weighted by atomic mass is 9.88. The van der Waals surface area contributed by atoms with Gasteiger partial charge in [-0.1, -0.05) is 22.0 Å². The second-order valence-electron chi connectivity index (χ2n) is 5.00. The number of hydrogen-bond donors (Lipinski definition) is 1. The van der Waals surface area contributed by atoms with Gasteiger partial charge in [-0.25, -0.2) is 8.78 Å². The van der Waals surface area contributed by atoms with Crippen molar-refractivity contribution in [1.29, 1.82) is 0 Å². The minimum Gasteiger partial charge on any atom is -0.496 e. The van der Waals surface area contributed by atoms with Crippen molar-refractivity contribution in [2.24, 2.45) is 0 Å². The Bertz CT molecular complexity index is 657. The minimum absolute atomic E-state index is 0.0203. The van der Waals surface area contributed by atoms with Crippen LogP contribution in [0.1, 0.15) is 18.1 Å². The van der Waals surface area contributed by atoms with E-state index in [-0.39, 0.29) is 17.7 Å². The quantitative estimate of drug-likeness (QED) is 0.889. The molecule has 2 aromatic rings. The molecule has 1 atom stereocenters. The number of ether oxygens (including phenoxy) is 1. The van der Waals surface area contributed by atoms with E-state index in [4.69, 9.17) is 4.74 Å². The summed E-state index contributed by atoms with van der Waals surface area (Å²) in [7, 11) is 1.40. The molecule has 1 N–H and O–H groups in total. The second kappa shape index (κ2) is 6.12. The maximum atomic E-state index is 14.1. The van der Waals surface area contributed by atoms with Crippen LogP contribution in [-0.2, 0) is 12.0 Å². The van der Waals surface area contributed by atoms with E-state index in [9.17, 15) is 13.9 Å². The van der Waals surface area contributed by atoms with Crippen molar-refractivity contribution < 1.29 is 18.6 Å². The molecule has 0 aliphatic heterocycles. The summed E-state index contributed by atoms with van der Waals surface area (Å²) < 4.78 is 33.7. The Morgan fingerprint density at radius 3 is 2.57 bits per heavy atom. The van der Waals surface area contributed by atoms with Gasteiger partial charge in [0.05, 0.1) is 18.3 Å². The zero-order valence-electron chi connectivity index (χ0n) is 11.7. The summed E-state index contributed by atoms with van der Waals surface area (Å²) in [4.78, 5) is 0. The van der Waals surface area contributed by atoms with E-state index in [1.54, 1.807) is 18.2 Å². The van der Waals surface area contributed by atoms with Crippen LogP contribution in [0.5, 0.6) is 5.75 Å². The van der Waals surface area contributed by atoms with E-state index < -0.39 is 17.2 Å². The molecule has 1 unspecified atom stereocenters. The third-order valence-corrected chi connectivity index (χ3v) is 3.77. The average Bonchev–Trinajstić information content (AvgIpc) is 2.42. The number of benzene rings is 2. The summed E-state index contributed by atoms with van der Waals surface area (Å²) in [6.07, 6.45) is -0.0738. The molecule has 0 fully saturated rings. The fraction of sp³-hybridized carbons (Fsp3) is 0.250. The standard InChI is InChI=1S/C16H15BrF2O2/c1-16(20,9-10-8-11(17)6-7-12(10)18)15-13(19)4-3-5-14(15)21-2/h3-8,20H,9H2,1-2H3. The molecule has 0 saturated carbocycles. The van der Waals surface area contributed by atoms with Crippen molar-refractivity contribution in [2.75, 3.05) is 7.11 Å². The summed E-state index contributed by atoms with van der Waals surface area (Å²) in [6, 6.07) is 8.73. The molecule has 0 aliphatic carbocycles. The van der Waals surface area contributed by atoms with E-state index in [0.717, 1.165) is 0 Å². The summed E-state index contributed by atoms with van der Waals surface area (Å²) in [5.41, 5.74) is -1.29. The van der Waals surface area contributed by atoms with Crippen LogP contribution in [0.2, 0.25) is 0 Å². The molecule has 0 saturated heterocycles. The van der Waals surface area contributed by atoms with Gasteiger partial charge >= 0.3 is 0 Å². The number of rotatable bonds is 4. The first kappa shape index (κ1) is 15.9. The highest BCUT2D eigenvalue weighted by molar-refractivity contribution is 9.10. The topological polar surface area (TPSA) is 29.5 Å². The molecular formula is C16H15BrF2O2. The first-order chi connectivity index (χ1) is 9.85. The Morgan fingerprint density at radius 1 is 1.19 bits per heavy atom. The molecule has 0 amide bonds. The fourth-order valence-corrected chi connectivity index (χ4v) is 2.74. The molecule has 0 heterocycles. The first-order valence-corrected chi connectivity index (χ1v) is 7.14. The molecule has 0 spiro atoms. The summed E-state index contributed by atoms with van der Waals surface area (Å²) >= 11 is 3.26. The van der Waals surface area contributed by atoms with Crippen molar-refractivity contribution in [3.8, 4) is 5.75 Å². The Labute approximate surface area is 130 Å². The van der Waals surface area contributed by atoms with Crippen LogP contribution < -0.4 is 4.74 Å². The van der Waals surface area contributed by atoms with E-state index in [1.807, 2.05) is 0 Å². The summed E-state index contributed by atoms with van der Waals surface area (Å²) in [5, 5.41) is 10.6. The van der Waals surface area contributed by atoms with Gasteiger partial charge in [-0.05, 0) is 42.8 Å². The van der Waals surface area contributed by atoms with Crippen molar-refractivity contribution in [3.63, 3.8) is 0 Å². The molecular weight excluding hydrogens is 342 g/mol. The van der Waals surface area contributed by atoms with Gasteiger partial charge in [-0.3, -0.25) is 0 Å². The first-order valence-electron chi connectivity index (χ1n) is 6.34. The summed E-state index contributed by atoms with van der Waals surface area (Å²) in [6.45, 7) is 1.44. The van der Waals surface area contributed by atoms with Crippen LogP contribution in [0.4, 0.5) is 8.78 Å². The van der Waals surface area contributed by atoms with Crippen LogP contribution in [0, 0.1) is 11.6 Å². The highest BCUT2D eigenvalue weighted by Crippen LogP contribution is 2.35. The normalized spacial score (nSPS) is 13.8. The highest BCUT2D eigenvalue weighted by Gasteiger charge is 2.31. The molecule has 2 nitrogen and oxygen atoms in total. The summed E-state index contributed by atoms with van der Waals surface area (Å²) in [5.74, 6) is -0.807. The second-order valence-corrected chi connectivity index (χ2v) is 5.92. The van der Waals surface area contributed by atoms with Gasteiger partial charge in [0.2, 0.25) is 0 Å². The largest absolute Gasteiger partial charge is 0.496 e. The zero-order chi connectivity index (χ0) is 15.6. The van der Waals surface area contributed by atoms with Gasteiger partial charge in [-0.15, -0.1) is 0 Å². The zero-order valence-corrected chi connectivity index (χ0v) is 13.2. The van der Waals surface area contributed by atoms with E-state index in [1.165, 1.54) is 32.2 Å². The van der Waals surface area contributed by atoms with Crippen molar-refractivity contribution >= 4 is 15.9 Å². The Balaban J connectivity index is 2.45. The predicted molar refractivity (Wildman–Crippen MR) is 80.3 cm³/mol. The molecule has 2 aromatic carbocycles. The van der Waals surface area contributed by atoms with Gasteiger partial charge in [0.1, 0.15) is 17.4 Å². The van der Waals surface area contributed by atoms with Crippen LogP contribution in [0.3, 0.4) is 0 Å². The Morgan fingerprint density at radius 2 is 1.90 bits per heavy atom. The van der Waals surface area contributed by atoms with Crippen LogP contribution in [0.15, 0.2) is 40.9 Å². The van der Waals surface area contributed by atoms with E-state index in [2.05, 4.69) is 15.9 Å². The van der Waals surface area contributed by atoms with Crippen molar-refractivity contribution in [3.05, 3.63) is 63.6 Å². The van der Waals surface area contributed by atoms with E-state index in [0.29, 0.717) is 10.0 Å². The predicted octanol–water partition coefficient (Wildman–Crippen LogP) is 4.19. The number of methoxy groups -OCH3 is 1. The van der Waals surface area contributed by atoms with Gasteiger partial charge in [0.25, 0.3) is 0 Å². The lowest BCUT2D eigenvalue weighted by molar-refractivity contribution is 0.0501. The smallest absolute Gasteiger partial charge is 0.133 e. The van der Waals surface area contributed by atoms with Crippen LogP contribution >= 0.6 is 15.9 Å². The Hall–Kier alpha value is -1.46. The van der Waals surface area contributed by atoms with E-state index >= 15 is 0 Å². The van der Waals surface area contributed by atoms with Crippen molar-refractivity contribution in [1.82, 2.24) is 0 Å². The molecule has 0 aliphatic rings. The third-order valence-electron chi connectivity index (χ3n) is 3.28. The molecule has 112 valence electrons. The van der Waals surface area contributed by atoms with Gasteiger partial charge < -0.3 is 9.84 Å². The van der Waals surface area contributed by atoms with Crippen LogP contribution in [-0.4, -0.2) is 12.2 Å². The number of halogens is 3. The maximum absolute atomic E-state index is 14.1. The average molecular weight is 357 g/mol. The maximum Gasteiger partial charge on any atom is 0.133 e. The van der Waals surface area contributed by atoms with Gasteiger partial charge in [-0.2, -0.15) is 0 Å². The van der Waals surface area contributed by atoms with Gasteiger partial charge in [0, 0.05) is 10.9 Å². The highest BCUT2D eigenvalue weighted by atomic mass is 79.9.